The Hall–Kier alpha value is -2.58. The molecular weight excluding hydrogens is 356 g/mol. The molecule has 3 rings (SSSR count). The van der Waals surface area contributed by atoms with Crippen LogP contribution >= 0.6 is 22.7 Å². The number of aromatic nitrogens is 2. The van der Waals surface area contributed by atoms with Gasteiger partial charge >= 0.3 is 0 Å². The lowest BCUT2D eigenvalue weighted by molar-refractivity contribution is -0.117. The average molecular weight is 372 g/mol. The van der Waals surface area contributed by atoms with Gasteiger partial charge in [-0.15, -0.1) is 22.7 Å². The second-order valence-electron chi connectivity index (χ2n) is 5.41. The maximum Gasteiger partial charge on any atom is 0.231 e. The zero-order chi connectivity index (χ0) is 17.8. The normalized spacial score (nSPS) is 10.6. The van der Waals surface area contributed by atoms with E-state index in [0.29, 0.717) is 10.8 Å². The number of nitrogens with one attached hydrogen (secondary N) is 1. The van der Waals surface area contributed by atoms with E-state index in [4.69, 9.17) is 5.73 Å². The number of nitrogens with two attached hydrogens (primary N) is 1. The first-order valence-corrected chi connectivity index (χ1v) is 9.25. The highest BCUT2D eigenvalue weighted by Crippen LogP contribution is 2.28. The molecule has 0 aliphatic carbocycles. The molecule has 0 spiro atoms. The zero-order valence-corrected chi connectivity index (χ0v) is 15.1. The van der Waals surface area contributed by atoms with Crippen LogP contribution < -0.4 is 11.1 Å². The summed E-state index contributed by atoms with van der Waals surface area (Å²) < 4.78 is 0. The van der Waals surface area contributed by atoms with Crippen LogP contribution in [0.4, 0.5) is 5.13 Å². The van der Waals surface area contributed by atoms with Crippen molar-refractivity contribution in [3.05, 3.63) is 52.0 Å². The number of rotatable bonds is 6. The third-order valence-electron chi connectivity index (χ3n) is 3.39. The number of hydrogen-bond donors (Lipinski definition) is 2. The van der Waals surface area contributed by atoms with Crippen molar-refractivity contribution in [2.24, 2.45) is 5.73 Å². The molecule has 0 saturated heterocycles. The fourth-order valence-corrected chi connectivity index (χ4v) is 4.02. The minimum Gasteiger partial charge on any atom is -0.369 e. The van der Waals surface area contributed by atoms with Gasteiger partial charge in [0, 0.05) is 15.8 Å². The first kappa shape index (κ1) is 17.2. The van der Waals surface area contributed by atoms with E-state index in [1.165, 1.54) is 22.7 Å². The molecule has 8 heteroatoms. The van der Waals surface area contributed by atoms with E-state index in [0.717, 1.165) is 21.1 Å². The van der Waals surface area contributed by atoms with Gasteiger partial charge in [-0.1, -0.05) is 30.3 Å². The van der Waals surface area contributed by atoms with E-state index < -0.39 is 5.91 Å². The Kier molecular flexibility index (Phi) is 5.20. The molecule has 2 amide bonds. The maximum absolute atomic E-state index is 12.3. The number of anilines is 1. The lowest BCUT2D eigenvalue weighted by atomic mass is 10.2. The van der Waals surface area contributed by atoms with Gasteiger partial charge in [0.05, 0.1) is 24.2 Å². The number of carbonyl (C=O) groups is 2. The van der Waals surface area contributed by atoms with Crippen LogP contribution in [0, 0.1) is 6.92 Å². The number of carbonyl (C=O) groups excluding carboxylic acids is 2. The summed E-state index contributed by atoms with van der Waals surface area (Å²) in [5.74, 6) is -0.608. The molecule has 25 heavy (non-hydrogen) atoms. The Morgan fingerprint density at radius 2 is 1.92 bits per heavy atom. The van der Waals surface area contributed by atoms with Crippen molar-refractivity contribution < 1.29 is 9.59 Å². The summed E-state index contributed by atoms with van der Waals surface area (Å²) >= 11 is 2.79. The van der Waals surface area contributed by atoms with Crippen molar-refractivity contribution in [3.8, 4) is 10.6 Å². The molecule has 0 fully saturated rings. The Labute approximate surface area is 152 Å². The Bertz CT molecular complexity index is 903. The van der Waals surface area contributed by atoms with Crippen LogP contribution in [0.1, 0.15) is 16.3 Å². The quantitative estimate of drug-likeness (QED) is 0.695. The van der Waals surface area contributed by atoms with Crippen LogP contribution in [0.2, 0.25) is 0 Å². The van der Waals surface area contributed by atoms with Gasteiger partial charge in [0.25, 0.3) is 0 Å². The molecular formula is C17H16N4O2S2. The minimum absolute atomic E-state index is 0.0702. The van der Waals surface area contributed by atoms with Crippen LogP contribution in [-0.4, -0.2) is 21.8 Å². The SMILES string of the molecule is Cc1nc(-c2ccccc2)sc1CC(=O)Nc1nc(CC(N)=O)cs1. The third kappa shape index (κ3) is 4.49. The predicted molar refractivity (Wildman–Crippen MR) is 99.6 cm³/mol. The van der Waals surface area contributed by atoms with E-state index in [1.807, 2.05) is 37.3 Å². The van der Waals surface area contributed by atoms with Crippen molar-refractivity contribution in [2.45, 2.75) is 19.8 Å². The molecule has 3 aromatic rings. The van der Waals surface area contributed by atoms with E-state index >= 15 is 0 Å². The molecule has 0 atom stereocenters. The number of nitrogens with zero attached hydrogens (tertiary/aromatic N) is 2. The van der Waals surface area contributed by atoms with Gasteiger partial charge in [0.2, 0.25) is 11.8 Å². The van der Waals surface area contributed by atoms with Crippen LogP contribution in [0.15, 0.2) is 35.7 Å². The third-order valence-corrected chi connectivity index (χ3v) is 5.40. The largest absolute Gasteiger partial charge is 0.369 e. The van der Waals surface area contributed by atoms with E-state index in [-0.39, 0.29) is 18.7 Å². The lowest BCUT2D eigenvalue weighted by Crippen LogP contribution is -2.15. The first-order chi connectivity index (χ1) is 12.0. The topological polar surface area (TPSA) is 98.0 Å². The van der Waals surface area contributed by atoms with E-state index in [1.54, 1.807) is 5.38 Å². The summed E-state index contributed by atoms with van der Waals surface area (Å²) in [6, 6.07) is 9.88. The number of benzene rings is 1. The standard InChI is InChI=1S/C17H16N4O2S2/c1-10-13(25-16(19-10)11-5-3-2-4-6-11)8-15(23)21-17-20-12(9-24-17)7-14(18)22/h2-6,9H,7-8H2,1H3,(H2,18,22)(H,20,21,23). The van der Waals surface area contributed by atoms with Gasteiger partial charge in [-0.25, -0.2) is 9.97 Å². The van der Waals surface area contributed by atoms with Gasteiger partial charge in [-0.05, 0) is 6.92 Å². The number of primary amides is 1. The molecule has 0 bridgehead atoms. The fraction of sp³-hybridized carbons (Fsp3) is 0.176. The summed E-state index contributed by atoms with van der Waals surface area (Å²) in [6.45, 7) is 1.90. The Morgan fingerprint density at radius 1 is 1.16 bits per heavy atom. The summed E-state index contributed by atoms with van der Waals surface area (Å²) in [4.78, 5) is 32.8. The molecule has 2 heterocycles. The minimum atomic E-state index is -0.447. The van der Waals surface area contributed by atoms with Crippen LogP contribution in [0.5, 0.6) is 0 Å². The molecule has 0 unspecified atom stereocenters. The first-order valence-electron chi connectivity index (χ1n) is 7.55. The van der Waals surface area contributed by atoms with Gasteiger partial charge in [-0.3, -0.25) is 9.59 Å². The molecule has 0 aliphatic heterocycles. The fourth-order valence-electron chi connectivity index (χ4n) is 2.23. The molecule has 0 saturated carbocycles. The lowest BCUT2D eigenvalue weighted by Gasteiger charge is -2.00. The number of amides is 2. The summed E-state index contributed by atoms with van der Waals surface area (Å²) in [5.41, 5.74) is 7.59. The molecule has 6 nitrogen and oxygen atoms in total. The second kappa shape index (κ2) is 7.54. The summed E-state index contributed by atoms with van der Waals surface area (Å²) in [7, 11) is 0. The number of aryl methyl sites for hydroxylation is 1. The van der Waals surface area contributed by atoms with Crippen LogP contribution in [-0.2, 0) is 22.4 Å². The highest BCUT2D eigenvalue weighted by Gasteiger charge is 2.14. The second-order valence-corrected chi connectivity index (χ2v) is 7.35. The Balaban J connectivity index is 1.66. The number of hydrogen-bond acceptors (Lipinski definition) is 6. The van der Waals surface area contributed by atoms with E-state index in [2.05, 4.69) is 15.3 Å². The van der Waals surface area contributed by atoms with Crippen molar-refractivity contribution in [3.63, 3.8) is 0 Å². The van der Waals surface area contributed by atoms with Crippen LogP contribution in [0.3, 0.4) is 0 Å². The molecule has 2 aromatic heterocycles. The smallest absolute Gasteiger partial charge is 0.231 e. The van der Waals surface area contributed by atoms with E-state index in [9.17, 15) is 9.59 Å². The summed E-state index contributed by atoms with van der Waals surface area (Å²) in [6.07, 6.45) is 0.307. The van der Waals surface area contributed by atoms with Gasteiger partial charge < -0.3 is 11.1 Å². The van der Waals surface area contributed by atoms with Crippen molar-refractivity contribution in [2.75, 3.05) is 5.32 Å². The highest BCUT2D eigenvalue weighted by atomic mass is 32.1. The maximum atomic E-state index is 12.3. The van der Waals surface area contributed by atoms with Crippen molar-refractivity contribution in [1.29, 1.82) is 0 Å². The average Bonchev–Trinajstić information content (AvgIpc) is 3.15. The Morgan fingerprint density at radius 3 is 2.64 bits per heavy atom. The molecule has 128 valence electrons. The molecule has 3 N–H and O–H groups in total. The highest BCUT2D eigenvalue weighted by molar-refractivity contribution is 7.15. The number of thiazole rings is 2. The van der Waals surface area contributed by atoms with Crippen molar-refractivity contribution in [1.82, 2.24) is 9.97 Å². The molecule has 1 aromatic carbocycles. The van der Waals surface area contributed by atoms with Crippen LogP contribution in [0.25, 0.3) is 10.6 Å². The monoisotopic (exact) mass is 372 g/mol. The zero-order valence-electron chi connectivity index (χ0n) is 13.5. The summed E-state index contributed by atoms with van der Waals surface area (Å²) in [5, 5.41) is 5.84. The van der Waals surface area contributed by atoms with Crippen molar-refractivity contribution >= 4 is 39.6 Å². The van der Waals surface area contributed by atoms with Gasteiger partial charge in [0.15, 0.2) is 5.13 Å². The van der Waals surface area contributed by atoms with Gasteiger partial charge in [-0.2, -0.15) is 0 Å². The van der Waals surface area contributed by atoms with Gasteiger partial charge in [0.1, 0.15) is 5.01 Å². The predicted octanol–water partition coefficient (Wildman–Crippen LogP) is 2.78. The molecule has 0 radical (unpaired) electrons. The molecule has 0 aliphatic rings.